The van der Waals surface area contributed by atoms with Crippen molar-refractivity contribution in [1.82, 2.24) is 0 Å². The molecule has 0 saturated heterocycles. The molecule has 0 heterocycles. The summed E-state index contributed by atoms with van der Waals surface area (Å²) in [5.41, 5.74) is 0. The normalized spacial score (nSPS) is 12.0. The number of rotatable bonds is 24. The summed E-state index contributed by atoms with van der Waals surface area (Å²) in [5, 5.41) is 0. The molecule has 0 fully saturated rings. The Morgan fingerprint density at radius 3 is 1.00 bits per heavy atom. The van der Waals surface area contributed by atoms with Crippen molar-refractivity contribution < 1.29 is 3.07 Å². The van der Waals surface area contributed by atoms with Gasteiger partial charge in [0.05, 0.1) is 0 Å². The first-order valence-electron chi connectivity index (χ1n) is 13.9. The Labute approximate surface area is 191 Å². The molecular formula is C27H58OSn. The Bertz CT molecular complexity index is 288. The number of unbranched alkanes of at least 4 members (excludes halogenated alkanes) is 15. The quantitative estimate of drug-likeness (QED) is 0.0914. The fraction of sp³-hybridized carbons (Fsp3) is 1.00. The van der Waals surface area contributed by atoms with Gasteiger partial charge in [0, 0.05) is 0 Å². The zero-order valence-corrected chi connectivity index (χ0v) is 24.0. The Hall–Kier alpha value is 0.759. The van der Waals surface area contributed by atoms with Crippen LogP contribution in [0.2, 0.25) is 13.3 Å². The Morgan fingerprint density at radius 2 is 0.690 bits per heavy atom. The first-order chi connectivity index (χ1) is 14.2. The molecule has 0 aliphatic carbocycles. The summed E-state index contributed by atoms with van der Waals surface area (Å²) in [5.74, 6) is 0. The molecule has 176 valence electrons. The Kier molecular flexibility index (Phi) is 24.0. The van der Waals surface area contributed by atoms with Crippen molar-refractivity contribution in [1.29, 1.82) is 0 Å². The molecule has 1 nitrogen and oxygen atoms in total. The van der Waals surface area contributed by atoms with Gasteiger partial charge >= 0.3 is 146 Å². The molecule has 0 unspecified atom stereocenters. The molecule has 0 aliphatic heterocycles. The van der Waals surface area contributed by atoms with Gasteiger partial charge in [-0.3, -0.25) is 0 Å². The summed E-state index contributed by atoms with van der Waals surface area (Å²) in [6.45, 7) is 10.4. The molecule has 0 spiro atoms. The van der Waals surface area contributed by atoms with Gasteiger partial charge in [-0.05, 0) is 0 Å². The van der Waals surface area contributed by atoms with E-state index in [0.717, 1.165) is 6.61 Å². The second-order valence-electron chi connectivity index (χ2n) is 9.58. The fourth-order valence-electron chi connectivity index (χ4n) is 4.90. The molecule has 0 rings (SSSR count). The second kappa shape index (κ2) is 23.4. The van der Waals surface area contributed by atoms with E-state index < -0.39 is 18.8 Å². The van der Waals surface area contributed by atoms with Crippen LogP contribution in [0.5, 0.6) is 0 Å². The number of hydrogen-bond donors (Lipinski definition) is 0. The van der Waals surface area contributed by atoms with Crippen molar-refractivity contribution in [2.45, 2.75) is 163 Å². The Balaban J connectivity index is 3.43. The molecule has 0 bridgehead atoms. The van der Waals surface area contributed by atoms with E-state index in [9.17, 15) is 0 Å². The summed E-state index contributed by atoms with van der Waals surface area (Å²) in [7, 11) is 0. The Morgan fingerprint density at radius 1 is 0.379 bits per heavy atom. The van der Waals surface area contributed by atoms with Crippen molar-refractivity contribution in [2.24, 2.45) is 0 Å². The molecule has 0 aromatic heterocycles. The van der Waals surface area contributed by atoms with E-state index in [-0.39, 0.29) is 0 Å². The van der Waals surface area contributed by atoms with Crippen LogP contribution in [0.25, 0.3) is 0 Å². The fourth-order valence-corrected chi connectivity index (χ4v) is 17.7. The van der Waals surface area contributed by atoms with E-state index in [4.69, 9.17) is 3.07 Å². The molecule has 2 heteroatoms. The van der Waals surface area contributed by atoms with Gasteiger partial charge in [-0.2, -0.15) is 0 Å². The van der Waals surface area contributed by atoms with Crippen LogP contribution in [0, 0.1) is 0 Å². The third-order valence-corrected chi connectivity index (χ3v) is 20.9. The van der Waals surface area contributed by atoms with E-state index in [2.05, 4.69) is 27.7 Å². The molecule has 0 aliphatic rings. The average Bonchev–Trinajstić information content (AvgIpc) is 2.71. The van der Waals surface area contributed by atoms with Gasteiger partial charge in [-0.1, -0.05) is 45.4 Å². The van der Waals surface area contributed by atoms with Gasteiger partial charge in [0.2, 0.25) is 0 Å². The van der Waals surface area contributed by atoms with E-state index in [1.165, 1.54) is 135 Å². The predicted molar refractivity (Wildman–Crippen MR) is 137 cm³/mol. The van der Waals surface area contributed by atoms with Crippen LogP contribution in [0.15, 0.2) is 0 Å². The van der Waals surface area contributed by atoms with Gasteiger partial charge in [0.1, 0.15) is 0 Å². The van der Waals surface area contributed by atoms with Crippen molar-refractivity contribution in [3.05, 3.63) is 0 Å². The van der Waals surface area contributed by atoms with Crippen LogP contribution in [0.3, 0.4) is 0 Å². The molecule has 0 saturated carbocycles. The van der Waals surface area contributed by atoms with Gasteiger partial charge < -0.3 is 0 Å². The van der Waals surface area contributed by atoms with Crippen molar-refractivity contribution in [2.75, 3.05) is 6.61 Å². The summed E-state index contributed by atoms with van der Waals surface area (Å²) in [6.07, 6.45) is 27.1. The molecule has 29 heavy (non-hydrogen) atoms. The minimum absolute atomic E-state index is 1.08. The van der Waals surface area contributed by atoms with Gasteiger partial charge in [0.25, 0.3) is 0 Å². The maximum absolute atomic E-state index is 6.68. The molecule has 0 amide bonds. The molecule has 0 aromatic rings. The SMILES string of the molecule is CCCCCCCCCCCCCCCCCC[O][Sn]([CH2]CC)([CH2]CC)[CH2]CC. The summed E-state index contributed by atoms with van der Waals surface area (Å²) >= 11 is -2.22. The van der Waals surface area contributed by atoms with Crippen LogP contribution < -0.4 is 0 Å². The van der Waals surface area contributed by atoms with E-state index in [1.807, 2.05) is 0 Å². The monoisotopic (exact) mass is 518 g/mol. The van der Waals surface area contributed by atoms with Crippen LogP contribution in [-0.2, 0) is 3.07 Å². The maximum atomic E-state index is 6.68. The predicted octanol–water partition coefficient (Wildman–Crippen LogP) is 10.4. The van der Waals surface area contributed by atoms with E-state index in [1.54, 1.807) is 0 Å². The van der Waals surface area contributed by atoms with Gasteiger partial charge in [0.15, 0.2) is 0 Å². The summed E-state index contributed by atoms with van der Waals surface area (Å²) in [6, 6.07) is 0. The standard InChI is InChI=1S/C18H37O.3C3H7.Sn/c1-2-3-4-5-6-7-8-9-10-11-12-13-14-15-16-17-18-19;3*1-3-2;/h2-18H2,1H3;3*1,3H2,2H3;/q-1;;;;+1. The molecule has 0 atom stereocenters. The zero-order chi connectivity index (χ0) is 21.5. The summed E-state index contributed by atoms with van der Waals surface area (Å²) in [4.78, 5) is 0. The molecule has 0 radical (unpaired) electrons. The van der Waals surface area contributed by atoms with E-state index >= 15 is 0 Å². The first-order valence-corrected chi connectivity index (χ1v) is 21.1. The number of hydrogen-bond acceptors (Lipinski definition) is 1. The van der Waals surface area contributed by atoms with Crippen LogP contribution in [0.4, 0.5) is 0 Å². The zero-order valence-electron chi connectivity index (χ0n) is 21.2. The van der Waals surface area contributed by atoms with Crippen molar-refractivity contribution in [3.63, 3.8) is 0 Å². The molecule has 0 N–H and O–H groups in total. The van der Waals surface area contributed by atoms with Crippen molar-refractivity contribution in [3.8, 4) is 0 Å². The summed E-state index contributed by atoms with van der Waals surface area (Å²) < 4.78 is 11.0. The third kappa shape index (κ3) is 19.2. The molecule has 0 aromatic carbocycles. The second-order valence-corrected chi connectivity index (χ2v) is 21.4. The third-order valence-electron chi connectivity index (χ3n) is 6.52. The van der Waals surface area contributed by atoms with Crippen molar-refractivity contribution >= 4 is 18.8 Å². The molecular weight excluding hydrogens is 459 g/mol. The minimum atomic E-state index is -2.22. The van der Waals surface area contributed by atoms with Crippen LogP contribution in [0.1, 0.15) is 150 Å². The van der Waals surface area contributed by atoms with Gasteiger partial charge in [-0.25, -0.2) is 0 Å². The first kappa shape index (κ1) is 29.8. The van der Waals surface area contributed by atoms with E-state index in [0.29, 0.717) is 0 Å². The van der Waals surface area contributed by atoms with Gasteiger partial charge in [-0.15, -0.1) is 0 Å². The topological polar surface area (TPSA) is 9.23 Å². The average molecular weight is 517 g/mol. The van der Waals surface area contributed by atoms with Crippen LogP contribution >= 0.6 is 0 Å². The van der Waals surface area contributed by atoms with Crippen LogP contribution in [-0.4, -0.2) is 25.4 Å².